The summed E-state index contributed by atoms with van der Waals surface area (Å²) in [7, 11) is 0. The van der Waals surface area contributed by atoms with Crippen molar-refractivity contribution >= 4 is 101 Å². The molecule has 4 nitrogen and oxygen atoms in total. The molecule has 0 spiro atoms. The Balaban J connectivity index is 1.17. The second-order valence-electron chi connectivity index (χ2n) is 30.0. The second kappa shape index (κ2) is 35.7. The number of hydrogen-bond donors (Lipinski definition) is 0. The number of rotatable bonds is 42. The van der Waals surface area contributed by atoms with Gasteiger partial charge in [0.1, 0.15) is 0 Å². The number of aryl methyl sites for hydroxylation is 4. The fourth-order valence-corrected chi connectivity index (χ4v) is 24.2. The highest BCUT2D eigenvalue weighted by molar-refractivity contribution is 7.30. The summed E-state index contributed by atoms with van der Waals surface area (Å²) in [5.41, 5.74) is 16.2. The number of benzene rings is 5. The Morgan fingerprint density at radius 1 is 0.346 bits per heavy atom. The topological polar surface area (TPSA) is 52.6 Å². The van der Waals surface area contributed by atoms with Gasteiger partial charge in [-0.1, -0.05) is 291 Å². The van der Waals surface area contributed by atoms with Crippen molar-refractivity contribution in [2.75, 3.05) is 13.2 Å². The Morgan fingerprint density at radius 2 is 0.663 bits per heavy atom. The van der Waals surface area contributed by atoms with E-state index in [9.17, 15) is 9.59 Å². The molecule has 2 aliphatic rings. The Kier molecular flexibility index (Phi) is 26.0. The lowest BCUT2D eigenvalue weighted by molar-refractivity contribution is 0.111. The van der Waals surface area contributed by atoms with Crippen LogP contribution in [0.5, 0.6) is 10.1 Å². The molecule has 0 radical (unpaired) electrons. The van der Waals surface area contributed by atoms with Gasteiger partial charge in [-0.25, -0.2) is 0 Å². The van der Waals surface area contributed by atoms with Gasteiger partial charge in [0.15, 0.2) is 22.7 Å². The number of carbonyl (C=O) groups is 2. The van der Waals surface area contributed by atoms with Gasteiger partial charge in [0.2, 0.25) is 0 Å². The van der Waals surface area contributed by atoms with Gasteiger partial charge < -0.3 is 9.47 Å². The average molecular weight is 1500 g/mol. The zero-order valence-corrected chi connectivity index (χ0v) is 68.2. The first kappa shape index (κ1) is 76.0. The van der Waals surface area contributed by atoms with E-state index < -0.39 is 10.8 Å². The number of ether oxygens (including phenoxy) is 2. The maximum absolute atomic E-state index is 13.7. The fourth-order valence-electron chi connectivity index (χ4n) is 17.0. The number of aldehydes is 2. The molecule has 2 atom stereocenters. The SMILES string of the molecule is CCCCCCc1ccc(C2(c3ccc(CCCCCC)cc3)c3cc(C=O)sc3-c3sc4c(-c5ccc(OCC(CC)CCCC)s5)c5c6c(sc5c(-c5ccc(OCC(CC)CCCC)s5)c4c32)-c2sc(C=O)cc2C6(c2ccc(CCCCCC)cc2)c2ccc(CCCCCC)cc2)cc1. The third-order valence-corrected chi connectivity index (χ3v) is 29.9. The van der Waals surface area contributed by atoms with E-state index in [1.54, 1.807) is 45.3 Å². The lowest BCUT2D eigenvalue weighted by atomic mass is 9.66. The van der Waals surface area contributed by atoms with Gasteiger partial charge in [0.05, 0.1) is 53.3 Å². The summed E-state index contributed by atoms with van der Waals surface area (Å²) in [4.78, 5) is 36.1. The molecule has 0 fully saturated rings. The molecular formula is C94H110O4S6. The fraction of sp³-hybridized carbons (Fsp3) is 0.447. The lowest BCUT2D eigenvalue weighted by Gasteiger charge is -2.35. The molecule has 11 aromatic rings. The first-order valence-electron chi connectivity index (χ1n) is 40.3. The molecule has 10 heteroatoms. The number of hydrogen-bond acceptors (Lipinski definition) is 10. The van der Waals surface area contributed by atoms with Crippen LogP contribution in [0, 0.1) is 11.8 Å². The summed E-state index contributed by atoms with van der Waals surface area (Å²) < 4.78 is 16.7. The summed E-state index contributed by atoms with van der Waals surface area (Å²) in [5, 5.41) is 4.43. The molecule has 546 valence electrons. The van der Waals surface area contributed by atoms with E-state index >= 15 is 0 Å². The van der Waals surface area contributed by atoms with E-state index in [-0.39, 0.29) is 0 Å². The van der Waals surface area contributed by atoms with Gasteiger partial charge in [-0.05, 0) is 179 Å². The van der Waals surface area contributed by atoms with E-state index in [4.69, 9.17) is 9.47 Å². The third kappa shape index (κ3) is 15.2. The third-order valence-electron chi connectivity index (χ3n) is 23.0. The molecule has 0 saturated heterocycles. The van der Waals surface area contributed by atoms with Gasteiger partial charge in [-0.2, -0.15) is 0 Å². The predicted octanol–water partition coefficient (Wildman–Crippen LogP) is 29.7. The minimum Gasteiger partial charge on any atom is -0.484 e. The van der Waals surface area contributed by atoms with E-state index in [0.717, 1.165) is 83.8 Å². The van der Waals surface area contributed by atoms with Crippen LogP contribution in [0.15, 0.2) is 133 Å². The molecule has 0 bridgehead atoms. The molecule has 6 heterocycles. The highest BCUT2D eigenvalue weighted by atomic mass is 32.1. The van der Waals surface area contributed by atoms with Crippen molar-refractivity contribution in [3.05, 3.63) is 210 Å². The molecule has 6 aromatic heterocycles. The average Bonchev–Trinajstić information content (AvgIpc) is 1.48. The van der Waals surface area contributed by atoms with E-state index in [0.29, 0.717) is 25.0 Å². The molecule has 0 N–H and O–H groups in total. The normalized spacial score (nSPS) is 13.9. The monoisotopic (exact) mass is 1490 g/mol. The highest BCUT2D eigenvalue weighted by Crippen LogP contribution is 2.70. The van der Waals surface area contributed by atoms with Crippen LogP contribution < -0.4 is 9.47 Å². The first-order valence-corrected chi connectivity index (χ1v) is 45.2. The van der Waals surface area contributed by atoms with Crippen molar-refractivity contribution in [2.45, 2.75) is 246 Å². The van der Waals surface area contributed by atoms with Gasteiger partial charge >= 0.3 is 0 Å². The second-order valence-corrected chi connectivity index (χ2v) is 36.3. The quantitative estimate of drug-likeness (QED) is 0.0283. The molecule has 2 aliphatic carbocycles. The van der Waals surface area contributed by atoms with Crippen LogP contribution in [-0.2, 0) is 36.5 Å². The van der Waals surface area contributed by atoms with Crippen LogP contribution in [0.3, 0.4) is 0 Å². The standard InChI is InChI=1S/C94H110O4S6/c1-9-17-23-27-33-65-37-45-69(46-38-65)93(70-47-39-66(40-48-70)34-28-24-18-10-2)75-57-73(59-95)99-87(75)91-85(93)83-81(77-53-55-79(101-77)97-61-63(15-7)31-21-13-5)90-84(82(89(83)103-91)78-54-56-80(102-78)98-62-64(16-8)32-22-14-6)86-92(104-90)88-76(58-74(60-96)100-88)94(86,71-49-41-67(42-50-71)35-29-25-19-11-3)72-51-43-68(44-52-72)36-30-26-20-12-4/h37-60,63-64H,9-36,61-62H2,1-8H3. The van der Waals surface area contributed by atoms with Crippen LogP contribution in [-0.4, -0.2) is 25.8 Å². The summed E-state index contributed by atoms with van der Waals surface area (Å²) in [6.07, 6.45) is 35.0. The van der Waals surface area contributed by atoms with E-state index in [1.807, 2.05) is 22.7 Å². The van der Waals surface area contributed by atoms with Crippen molar-refractivity contribution < 1.29 is 19.1 Å². The van der Waals surface area contributed by atoms with Crippen molar-refractivity contribution in [3.8, 4) is 50.5 Å². The van der Waals surface area contributed by atoms with E-state index in [1.165, 1.54) is 256 Å². The van der Waals surface area contributed by atoms with Crippen molar-refractivity contribution in [2.24, 2.45) is 11.8 Å². The van der Waals surface area contributed by atoms with Crippen LogP contribution in [0.1, 0.15) is 296 Å². The molecule has 2 unspecified atom stereocenters. The molecule has 0 saturated carbocycles. The van der Waals surface area contributed by atoms with Crippen molar-refractivity contribution in [1.29, 1.82) is 0 Å². The lowest BCUT2D eigenvalue weighted by Crippen LogP contribution is -2.29. The molecule has 0 aliphatic heterocycles. The zero-order chi connectivity index (χ0) is 72.2. The Labute approximate surface area is 646 Å². The Bertz CT molecular complexity index is 4210. The largest absolute Gasteiger partial charge is 0.484 e. The number of thiophene rings is 6. The zero-order valence-electron chi connectivity index (χ0n) is 63.3. The first-order chi connectivity index (χ1) is 51.1. The number of fused-ring (bicyclic) bond motifs is 10. The van der Waals surface area contributed by atoms with Crippen LogP contribution in [0.25, 0.3) is 60.6 Å². The van der Waals surface area contributed by atoms with Gasteiger partial charge in [-0.15, -0.1) is 45.3 Å². The Morgan fingerprint density at radius 3 is 0.952 bits per heavy atom. The number of unbranched alkanes of at least 4 members (excludes halogenated alkanes) is 14. The smallest absolute Gasteiger partial charge is 0.174 e. The predicted molar refractivity (Wildman–Crippen MR) is 454 cm³/mol. The minimum atomic E-state index is -0.816. The van der Waals surface area contributed by atoms with Gasteiger partial charge in [0.25, 0.3) is 0 Å². The summed E-state index contributed by atoms with van der Waals surface area (Å²) in [6.45, 7) is 19.8. The maximum Gasteiger partial charge on any atom is 0.174 e. The molecule has 13 rings (SSSR count). The highest BCUT2D eigenvalue weighted by Gasteiger charge is 2.54. The van der Waals surface area contributed by atoms with Gasteiger partial charge in [0, 0.05) is 41.1 Å². The van der Waals surface area contributed by atoms with Gasteiger partial charge in [-0.3, -0.25) is 9.59 Å². The molecule has 104 heavy (non-hydrogen) atoms. The number of carbonyl (C=O) groups excluding carboxylic acids is 2. The van der Waals surface area contributed by atoms with Crippen molar-refractivity contribution in [1.82, 2.24) is 0 Å². The molecule has 0 amide bonds. The Hall–Kier alpha value is -6.24. The molecule has 5 aromatic carbocycles. The van der Waals surface area contributed by atoms with Crippen molar-refractivity contribution in [3.63, 3.8) is 0 Å². The summed E-state index contributed by atoms with van der Waals surface area (Å²) in [5.74, 6) is 0.942. The van der Waals surface area contributed by atoms with Crippen LogP contribution >= 0.6 is 68.0 Å². The minimum absolute atomic E-state index is 0.471. The van der Waals surface area contributed by atoms with Crippen LogP contribution in [0.4, 0.5) is 0 Å². The maximum atomic E-state index is 13.7. The molecular weight excluding hydrogens is 1390 g/mol. The van der Waals surface area contributed by atoms with Crippen LogP contribution in [0.2, 0.25) is 0 Å². The summed E-state index contributed by atoms with van der Waals surface area (Å²) >= 11 is 10.9. The van der Waals surface area contributed by atoms with E-state index in [2.05, 4.69) is 189 Å². The summed E-state index contributed by atoms with van der Waals surface area (Å²) in [6, 6.07) is 52.9.